The summed E-state index contributed by atoms with van der Waals surface area (Å²) in [5.41, 5.74) is 13.6. The summed E-state index contributed by atoms with van der Waals surface area (Å²) in [5.74, 6) is 0. The molecule has 0 saturated carbocycles. The zero-order valence-electron chi connectivity index (χ0n) is 37.6. The number of rotatable bonds is 8. The van der Waals surface area contributed by atoms with Crippen LogP contribution in [0.1, 0.15) is 6.85 Å². The van der Waals surface area contributed by atoms with Gasteiger partial charge in [0.15, 0.2) is 0 Å². The molecule has 2 nitrogen and oxygen atoms in total. The Morgan fingerprint density at radius 2 is 0.883 bits per heavy atom. The lowest BCUT2D eigenvalue weighted by Crippen LogP contribution is -2.12. The Balaban J connectivity index is 1.08. The van der Waals surface area contributed by atoms with Gasteiger partial charge in [0.25, 0.3) is 0 Å². The highest BCUT2D eigenvalue weighted by Crippen LogP contribution is 2.48. The Labute approximate surface area is 357 Å². The molecular formula is C58H40N2. The minimum absolute atomic E-state index is 0.193. The van der Waals surface area contributed by atoms with Crippen LogP contribution in [0.2, 0.25) is 0 Å². The van der Waals surface area contributed by atoms with E-state index in [0.717, 1.165) is 67.2 Å². The Morgan fingerprint density at radius 3 is 1.65 bits per heavy atom. The summed E-state index contributed by atoms with van der Waals surface area (Å²) in [6, 6.07) is 72.8. The van der Waals surface area contributed by atoms with Crippen molar-refractivity contribution in [2.45, 2.75) is 0 Å². The fraction of sp³-hybridized carbons (Fsp3) is 0. The molecule has 0 spiro atoms. The Hall–Kier alpha value is -7.94. The predicted molar refractivity (Wildman–Crippen MR) is 255 cm³/mol. The van der Waals surface area contributed by atoms with Crippen molar-refractivity contribution in [3.05, 3.63) is 243 Å². The number of para-hydroxylation sites is 3. The van der Waals surface area contributed by atoms with Crippen molar-refractivity contribution in [3.63, 3.8) is 0 Å². The molecule has 2 heteroatoms. The molecule has 282 valence electrons. The molecule has 11 aromatic rings. The topological polar surface area (TPSA) is 8.17 Å². The maximum atomic E-state index is 8.50. The highest BCUT2D eigenvalue weighted by Gasteiger charge is 2.23. The molecule has 0 bridgehead atoms. The van der Waals surface area contributed by atoms with Crippen molar-refractivity contribution in [2.24, 2.45) is 0 Å². The number of hydrogen-bond acceptors (Lipinski definition) is 1. The summed E-state index contributed by atoms with van der Waals surface area (Å²) in [4.78, 5) is 2.37. The average molecular weight is 770 g/mol. The van der Waals surface area contributed by atoms with Crippen LogP contribution in [0.4, 0.5) is 17.1 Å². The number of fused-ring (bicyclic) bond motifs is 4. The van der Waals surface area contributed by atoms with Crippen LogP contribution in [0.5, 0.6) is 0 Å². The standard InChI is InChI=1S/C58H40N2/c1-3-17-41(18-4-1)42-33-35-43(36-34-42)44-37-39-47(40-38-44)59(53-28-12-9-24-48(53)45-19-5-2-6-20-45)55-29-13-10-25-50(55)51-27-16-32-57-58(51)52-26-11-14-30-56(52)60(57)54-31-15-22-46-21-7-8-23-49(46)54/h1-40H/i1D,3D,4D,17D,18D. The van der Waals surface area contributed by atoms with Gasteiger partial charge in [0, 0.05) is 33.0 Å². The highest BCUT2D eigenvalue weighted by atomic mass is 15.1. The normalized spacial score (nSPS) is 12.5. The van der Waals surface area contributed by atoms with Gasteiger partial charge in [-0.3, -0.25) is 0 Å². The van der Waals surface area contributed by atoms with Crippen molar-refractivity contribution < 1.29 is 6.85 Å². The van der Waals surface area contributed by atoms with Crippen molar-refractivity contribution >= 4 is 49.6 Å². The molecule has 0 radical (unpaired) electrons. The maximum absolute atomic E-state index is 8.50. The fourth-order valence-corrected chi connectivity index (χ4v) is 8.77. The van der Waals surface area contributed by atoms with Crippen LogP contribution in [0.15, 0.2) is 243 Å². The van der Waals surface area contributed by atoms with E-state index in [4.69, 9.17) is 6.85 Å². The highest BCUT2D eigenvalue weighted by molar-refractivity contribution is 6.17. The molecule has 0 aliphatic rings. The molecule has 0 unspecified atom stereocenters. The number of anilines is 3. The Bertz CT molecular complexity index is 3560. The minimum atomic E-state index is -0.398. The first kappa shape index (κ1) is 30.2. The monoisotopic (exact) mass is 769 g/mol. The molecule has 0 aliphatic carbocycles. The molecule has 0 fully saturated rings. The van der Waals surface area contributed by atoms with Gasteiger partial charge in [0.05, 0.1) is 34.9 Å². The van der Waals surface area contributed by atoms with E-state index in [1.165, 1.54) is 21.5 Å². The molecule has 0 amide bonds. The number of aromatic nitrogens is 1. The van der Waals surface area contributed by atoms with E-state index in [9.17, 15) is 0 Å². The van der Waals surface area contributed by atoms with E-state index in [-0.39, 0.29) is 29.7 Å². The lowest BCUT2D eigenvalue weighted by atomic mass is 9.95. The first-order valence-corrected chi connectivity index (χ1v) is 20.2. The summed E-state index contributed by atoms with van der Waals surface area (Å²) in [7, 11) is 0. The third-order valence-corrected chi connectivity index (χ3v) is 11.5. The van der Waals surface area contributed by atoms with E-state index < -0.39 is 6.04 Å². The number of benzene rings is 10. The Kier molecular flexibility index (Phi) is 7.59. The van der Waals surface area contributed by atoms with Crippen LogP contribution in [0.3, 0.4) is 0 Å². The van der Waals surface area contributed by atoms with E-state index >= 15 is 0 Å². The van der Waals surface area contributed by atoms with E-state index in [1.807, 2.05) is 30.3 Å². The quantitative estimate of drug-likeness (QED) is 0.149. The summed E-state index contributed by atoms with van der Waals surface area (Å²) >= 11 is 0. The van der Waals surface area contributed by atoms with Gasteiger partial charge >= 0.3 is 0 Å². The number of hydrogen-bond donors (Lipinski definition) is 0. The molecule has 10 aromatic carbocycles. The lowest BCUT2D eigenvalue weighted by Gasteiger charge is -2.30. The third kappa shape index (κ3) is 6.14. The second kappa shape index (κ2) is 15.1. The van der Waals surface area contributed by atoms with Gasteiger partial charge < -0.3 is 9.47 Å². The molecule has 0 N–H and O–H groups in total. The van der Waals surface area contributed by atoms with Gasteiger partial charge in [-0.2, -0.15) is 0 Å². The first-order chi connectivity index (χ1) is 31.9. The van der Waals surface area contributed by atoms with Crippen LogP contribution in [0, 0.1) is 0 Å². The van der Waals surface area contributed by atoms with Crippen molar-refractivity contribution in [2.75, 3.05) is 4.90 Å². The van der Waals surface area contributed by atoms with E-state index in [2.05, 4.69) is 191 Å². The second-order valence-corrected chi connectivity index (χ2v) is 14.9. The number of nitrogens with zero attached hydrogens (tertiary/aromatic N) is 2. The molecule has 1 aromatic heterocycles. The smallest absolute Gasteiger partial charge is 0.0629 e. The predicted octanol–water partition coefficient (Wildman–Crippen LogP) is 16.1. The Morgan fingerprint density at radius 1 is 0.350 bits per heavy atom. The van der Waals surface area contributed by atoms with Crippen LogP contribution < -0.4 is 4.90 Å². The first-order valence-electron chi connectivity index (χ1n) is 22.7. The third-order valence-electron chi connectivity index (χ3n) is 11.5. The fourth-order valence-electron chi connectivity index (χ4n) is 8.77. The summed E-state index contributed by atoms with van der Waals surface area (Å²) < 4.78 is 43.8. The van der Waals surface area contributed by atoms with Crippen molar-refractivity contribution in [1.82, 2.24) is 4.57 Å². The van der Waals surface area contributed by atoms with Gasteiger partial charge in [-0.1, -0.05) is 200 Å². The van der Waals surface area contributed by atoms with Gasteiger partial charge in [-0.15, -0.1) is 0 Å². The van der Waals surface area contributed by atoms with Gasteiger partial charge in [-0.25, -0.2) is 0 Å². The van der Waals surface area contributed by atoms with Crippen molar-refractivity contribution in [1.29, 1.82) is 0 Å². The minimum Gasteiger partial charge on any atom is -0.309 e. The van der Waals surface area contributed by atoms with Crippen molar-refractivity contribution in [3.8, 4) is 50.2 Å². The van der Waals surface area contributed by atoms with Gasteiger partial charge in [0.2, 0.25) is 0 Å². The zero-order valence-corrected chi connectivity index (χ0v) is 32.6. The maximum Gasteiger partial charge on any atom is 0.0629 e. The van der Waals surface area contributed by atoms with E-state index in [0.29, 0.717) is 5.56 Å². The lowest BCUT2D eigenvalue weighted by molar-refractivity contribution is 1.20. The SMILES string of the molecule is [2H]c1c([2H])c([2H])c(-c2ccc(-c3ccc(N(c4ccccc4-c4ccccc4)c4ccccc4-c4cccc5c4c4ccccc4n5-c4cccc5ccccc45)cc3)cc2)c([2H])c1[2H]. The zero-order chi connectivity index (χ0) is 44.2. The van der Waals surface area contributed by atoms with Crippen LogP contribution in [-0.4, -0.2) is 4.57 Å². The van der Waals surface area contributed by atoms with Gasteiger partial charge in [0.1, 0.15) is 0 Å². The largest absolute Gasteiger partial charge is 0.309 e. The molecule has 1 heterocycles. The van der Waals surface area contributed by atoms with Crippen LogP contribution in [-0.2, 0) is 0 Å². The second-order valence-electron chi connectivity index (χ2n) is 14.9. The summed E-state index contributed by atoms with van der Waals surface area (Å²) in [5, 5.41) is 4.75. The van der Waals surface area contributed by atoms with E-state index in [1.54, 1.807) is 0 Å². The molecule has 0 saturated heterocycles. The summed E-state index contributed by atoms with van der Waals surface area (Å²) in [6.07, 6.45) is 0. The summed E-state index contributed by atoms with van der Waals surface area (Å²) in [6.45, 7) is 0. The van der Waals surface area contributed by atoms with Crippen LogP contribution >= 0.6 is 0 Å². The average Bonchev–Trinajstić information content (AvgIpc) is 3.70. The molecule has 60 heavy (non-hydrogen) atoms. The molecule has 0 atom stereocenters. The molecular weight excluding hydrogens is 725 g/mol. The molecule has 11 rings (SSSR count). The molecule has 0 aliphatic heterocycles. The van der Waals surface area contributed by atoms with Gasteiger partial charge in [-0.05, 0) is 81.2 Å². The van der Waals surface area contributed by atoms with Crippen LogP contribution in [0.25, 0.3) is 82.8 Å².